The molecule has 1 rings (SSSR count). The molecule has 0 saturated heterocycles. The van der Waals surface area contributed by atoms with E-state index < -0.39 is 0 Å². The predicted molar refractivity (Wildman–Crippen MR) is 67.8 cm³/mol. The summed E-state index contributed by atoms with van der Waals surface area (Å²) in [6.45, 7) is 5.59. The highest BCUT2D eigenvalue weighted by atomic mass is 16.4. The highest BCUT2D eigenvalue weighted by molar-refractivity contribution is 5.85. The molecule has 1 heterocycles. The molecule has 0 saturated carbocycles. The van der Waals surface area contributed by atoms with Gasteiger partial charge in [-0.25, -0.2) is 0 Å². The van der Waals surface area contributed by atoms with Crippen molar-refractivity contribution in [2.24, 2.45) is 10.9 Å². The molecule has 0 aliphatic rings. The minimum Gasteiger partial charge on any atom is -0.409 e. The second kappa shape index (κ2) is 6.85. The predicted octanol–water partition coefficient (Wildman–Crippen LogP) is 1.43. The highest BCUT2D eigenvalue weighted by Crippen LogP contribution is 2.09. The largest absolute Gasteiger partial charge is 0.409 e. The molecule has 1 aromatic heterocycles. The zero-order valence-corrected chi connectivity index (χ0v) is 10.4. The van der Waals surface area contributed by atoms with Crippen molar-refractivity contribution >= 4 is 5.84 Å². The lowest BCUT2D eigenvalue weighted by Crippen LogP contribution is -2.44. The van der Waals surface area contributed by atoms with Crippen molar-refractivity contribution < 1.29 is 5.21 Å². The fraction of sp³-hybridized carbons (Fsp3) is 0.500. The lowest BCUT2D eigenvalue weighted by atomic mass is 10.1. The van der Waals surface area contributed by atoms with Crippen LogP contribution in [0.25, 0.3) is 0 Å². The van der Waals surface area contributed by atoms with Crippen LogP contribution >= 0.6 is 0 Å². The Bertz CT molecular complexity index is 353. The average Bonchev–Trinajstić information content (AvgIpc) is 2.39. The first-order chi connectivity index (χ1) is 8.22. The standard InChI is InChI=1S/C12H20N4O/c1-3-11(12(13)15-17)16(4-2)9-10-7-5-6-8-14-10/h5-8,11,17H,3-4,9H2,1-2H3,(H2,13,15). The fourth-order valence-electron chi connectivity index (χ4n) is 1.86. The van der Waals surface area contributed by atoms with E-state index >= 15 is 0 Å². The normalized spacial score (nSPS) is 13.9. The molecule has 0 amide bonds. The van der Waals surface area contributed by atoms with E-state index in [4.69, 9.17) is 10.9 Å². The van der Waals surface area contributed by atoms with Crippen LogP contribution < -0.4 is 5.73 Å². The summed E-state index contributed by atoms with van der Waals surface area (Å²) in [5.74, 6) is 0.255. The molecule has 3 N–H and O–H groups in total. The first-order valence-electron chi connectivity index (χ1n) is 5.84. The number of nitrogens with two attached hydrogens (primary N) is 1. The summed E-state index contributed by atoms with van der Waals surface area (Å²) in [6, 6.07) is 5.77. The smallest absolute Gasteiger partial charge is 0.156 e. The van der Waals surface area contributed by atoms with Gasteiger partial charge in [0.15, 0.2) is 5.84 Å². The molecular formula is C12H20N4O. The van der Waals surface area contributed by atoms with Crippen molar-refractivity contribution in [3.8, 4) is 0 Å². The minimum atomic E-state index is -0.0491. The number of hydrogen-bond donors (Lipinski definition) is 2. The second-order valence-corrected chi connectivity index (χ2v) is 3.83. The molecule has 0 aliphatic carbocycles. The highest BCUT2D eigenvalue weighted by Gasteiger charge is 2.19. The summed E-state index contributed by atoms with van der Waals surface area (Å²) in [6.07, 6.45) is 2.57. The van der Waals surface area contributed by atoms with Crippen LogP contribution in [-0.4, -0.2) is 33.5 Å². The molecule has 0 aliphatic heterocycles. The van der Waals surface area contributed by atoms with Crippen molar-refractivity contribution in [3.05, 3.63) is 30.1 Å². The molecule has 0 radical (unpaired) electrons. The molecule has 17 heavy (non-hydrogen) atoms. The Morgan fingerprint density at radius 3 is 2.76 bits per heavy atom. The summed E-state index contributed by atoms with van der Waals surface area (Å²) >= 11 is 0. The fourth-order valence-corrected chi connectivity index (χ4v) is 1.86. The van der Waals surface area contributed by atoms with E-state index in [1.165, 1.54) is 0 Å². The van der Waals surface area contributed by atoms with Gasteiger partial charge in [0.1, 0.15) is 0 Å². The SMILES string of the molecule is CCC(C(N)=NO)N(CC)Cc1ccccn1. The number of rotatable bonds is 6. The van der Waals surface area contributed by atoms with Crippen molar-refractivity contribution in [2.75, 3.05) is 6.54 Å². The maximum atomic E-state index is 8.77. The van der Waals surface area contributed by atoms with Gasteiger partial charge in [-0.2, -0.15) is 0 Å². The summed E-state index contributed by atoms with van der Waals surface area (Å²) in [5.41, 5.74) is 6.68. The number of amidine groups is 1. The van der Waals surface area contributed by atoms with Crippen LogP contribution in [0.1, 0.15) is 26.0 Å². The Morgan fingerprint density at radius 2 is 2.29 bits per heavy atom. The minimum absolute atomic E-state index is 0.0491. The Hall–Kier alpha value is -1.62. The van der Waals surface area contributed by atoms with E-state index in [-0.39, 0.29) is 11.9 Å². The van der Waals surface area contributed by atoms with Gasteiger partial charge in [0.25, 0.3) is 0 Å². The van der Waals surface area contributed by atoms with Crippen molar-refractivity contribution in [3.63, 3.8) is 0 Å². The van der Waals surface area contributed by atoms with Crippen LogP contribution in [0.2, 0.25) is 0 Å². The van der Waals surface area contributed by atoms with E-state index in [1.807, 2.05) is 25.1 Å². The molecule has 1 unspecified atom stereocenters. The molecule has 0 bridgehead atoms. The molecule has 1 aromatic rings. The van der Waals surface area contributed by atoms with E-state index in [1.54, 1.807) is 6.20 Å². The van der Waals surface area contributed by atoms with Crippen LogP contribution in [0.15, 0.2) is 29.6 Å². The van der Waals surface area contributed by atoms with Gasteiger partial charge in [-0.3, -0.25) is 9.88 Å². The zero-order valence-electron chi connectivity index (χ0n) is 10.4. The zero-order chi connectivity index (χ0) is 12.7. The van der Waals surface area contributed by atoms with Crippen LogP contribution in [-0.2, 0) is 6.54 Å². The third kappa shape index (κ3) is 3.71. The summed E-state index contributed by atoms with van der Waals surface area (Å²) in [5, 5.41) is 11.9. The Balaban J connectivity index is 2.77. The maximum Gasteiger partial charge on any atom is 0.156 e. The Kier molecular flexibility index (Phi) is 5.42. The molecule has 5 heteroatoms. The topological polar surface area (TPSA) is 74.7 Å². The van der Waals surface area contributed by atoms with Crippen LogP contribution in [0.5, 0.6) is 0 Å². The molecule has 1 atom stereocenters. The van der Waals surface area contributed by atoms with Gasteiger partial charge in [0.2, 0.25) is 0 Å². The number of nitrogens with zero attached hydrogens (tertiary/aromatic N) is 3. The third-order valence-corrected chi connectivity index (χ3v) is 2.78. The number of aromatic nitrogens is 1. The number of hydrogen-bond acceptors (Lipinski definition) is 4. The first-order valence-corrected chi connectivity index (χ1v) is 5.84. The molecule has 0 spiro atoms. The van der Waals surface area contributed by atoms with E-state index in [0.29, 0.717) is 6.54 Å². The lowest BCUT2D eigenvalue weighted by Gasteiger charge is -2.28. The van der Waals surface area contributed by atoms with Crippen LogP contribution in [0.3, 0.4) is 0 Å². The van der Waals surface area contributed by atoms with Crippen LogP contribution in [0, 0.1) is 0 Å². The van der Waals surface area contributed by atoms with E-state index in [2.05, 4.69) is 22.0 Å². The average molecular weight is 236 g/mol. The molecular weight excluding hydrogens is 216 g/mol. The van der Waals surface area contributed by atoms with Crippen LogP contribution in [0.4, 0.5) is 0 Å². The van der Waals surface area contributed by atoms with Gasteiger partial charge >= 0.3 is 0 Å². The number of likely N-dealkylation sites (N-methyl/N-ethyl adjacent to an activating group) is 1. The third-order valence-electron chi connectivity index (χ3n) is 2.78. The summed E-state index contributed by atoms with van der Waals surface area (Å²) in [4.78, 5) is 6.42. The Labute approximate surface area is 102 Å². The molecule has 0 fully saturated rings. The molecule has 94 valence electrons. The summed E-state index contributed by atoms with van der Waals surface area (Å²) in [7, 11) is 0. The van der Waals surface area contributed by atoms with Gasteiger partial charge in [0, 0.05) is 12.7 Å². The van der Waals surface area contributed by atoms with Crippen molar-refractivity contribution in [1.82, 2.24) is 9.88 Å². The van der Waals surface area contributed by atoms with E-state index in [0.717, 1.165) is 18.7 Å². The van der Waals surface area contributed by atoms with E-state index in [9.17, 15) is 0 Å². The van der Waals surface area contributed by atoms with Gasteiger partial charge in [-0.15, -0.1) is 0 Å². The molecule has 5 nitrogen and oxygen atoms in total. The van der Waals surface area contributed by atoms with Gasteiger partial charge in [0.05, 0.1) is 11.7 Å². The number of pyridine rings is 1. The van der Waals surface area contributed by atoms with Gasteiger partial charge in [-0.05, 0) is 25.1 Å². The molecule has 0 aromatic carbocycles. The number of oxime groups is 1. The summed E-state index contributed by atoms with van der Waals surface area (Å²) < 4.78 is 0. The maximum absolute atomic E-state index is 8.77. The lowest BCUT2D eigenvalue weighted by molar-refractivity contribution is 0.228. The second-order valence-electron chi connectivity index (χ2n) is 3.83. The first kappa shape index (κ1) is 13.4. The Morgan fingerprint density at radius 1 is 1.53 bits per heavy atom. The van der Waals surface area contributed by atoms with Gasteiger partial charge in [-0.1, -0.05) is 25.1 Å². The monoisotopic (exact) mass is 236 g/mol. The van der Waals surface area contributed by atoms with Crippen molar-refractivity contribution in [1.29, 1.82) is 0 Å². The van der Waals surface area contributed by atoms with Gasteiger partial charge < -0.3 is 10.9 Å². The van der Waals surface area contributed by atoms with Crippen molar-refractivity contribution in [2.45, 2.75) is 32.9 Å². The quantitative estimate of drug-likeness (QED) is 0.339.